The van der Waals surface area contributed by atoms with E-state index >= 15 is 0 Å². The van der Waals surface area contributed by atoms with E-state index in [1.807, 2.05) is 0 Å². The Morgan fingerprint density at radius 3 is 1.10 bits per heavy atom. The summed E-state index contributed by atoms with van der Waals surface area (Å²) in [7, 11) is 0. The van der Waals surface area contributed by atoms with Gasteiger partial charge in [-0.15, -0.1) is 0 Å². The third kappa shape index (κ3) is 3.85. The molecule has 0 bridgehead atoms. The summed E-state index contributed by atoms with van der Waals surface area (Å²) in [5.41, 5.74) is 13.0. The Morgan fingerprint density at radius 2 is 0.552 bits per heavy atom. The van der Waals surface area contributed by atoms with Gasteiger partial charge in [0.25, 0.3) is 0 Å². The lowest BCUT2D eigenvalue weighted by Gasteiger charge is -2.23. The average Bonchev–Trinajstić information content (AvgIpc) is 3.62. The van der Waals surface area contributed by atoms with E-state index in [2.05, 4.69) is 194 Å². The Balaban J connectivity index is 1.19. The van der Waals surface area contributed by atoms with Crippen LogP contribution in [0.3, 0.4) is 0 Å². The van der Waals surface area contributed by atoms with Crippen molar-refractivity contribution in [2.24, 2.45) is 0 Å². The maximum Gasteiger partial charge on any atom is -0.000718 e. The molecule has 0 amide bonds. The van der Waals surface area contributed by atoms with Crippen molar-refractivity contribution < 1.29 is 0 Å². The van der Waals surface area contributed by atoms with Gasteiger partial charge in [-0.3, -0.25) is 0 Å². The summed E-state index contributed by atoms with van der Waals surface area (Å²) in [4.78, 5) is 0. The van der Waals surface area contributed by atoms with Crippen LogP contribution in [0, 0.1) is 0 Å². The Labute approximate surface area is 334 Å². The van der Waals surface area contributed by atoms with Crippen LogP contribution < -0.4 is 0 Å². The van der Waals surface area contributed by atoms with Crippen LogP contribution in [0.4, 0.5) is 0 Å². The molecule has 0 aromatic heterocycles. The van der Waals surface area contributed by atoms with Gasteiger partial charge in [-0.1, -0.05) is 194 Å². The molecule has 13 aromatic rings. The summed E-state index contributed by atoms with van der Waals surface area (Å²) in [5, 5.41) is 20.9. The maximum atomic E-state index is 2.42. The summed E-state index contributed by atoms with van der Waals surface area (Å²) >= 11 is 0. The fourth-order valence-corrected chi connectivity index (χ4v) is 11.1. The SMILES string of the molecule is c1ccc(-c2ccc3c4c(cccc24)-c2c-3c(-c3ccc4ccc5cccc6ccc3c4c56)c3ccccc3c2-c2ccc3ccc4cccc5ccc2c3c45)cc1. The van der Waals surface area contributed by atoms with Crippen molar-refractivity contribution in [2.75, 3.05) is 0 Å². The minimum atomic E-state index is 1.24. The van der Waals surface area contributed by atoms with Gasteiger partial charge in [0.15, 0.2) is 0 Å². The predicted molar refractivity (Wildman–Crippen MR) is 250 cm³/mol. The van der Waals surface area contributed by atoms with Crippen LogP contribution in [-0.2, 0) is 0 Å². The van der Waals surface area contributed by atoms with Gasteiger partial charge < -0.3 is 0 Å². The highest BCUT2D eigenvalue weighted by Crippen LogP contribution is 2.60. The van der Waals surface area contributed by atoms with E-state index in [1.165, 1.54) is 142 Å². The largest absolute Gasteiger partial charge is 0.0622 e. The summed E-state index contributed by atoms with van der Waals surface area (Å²) in [5.74, 6) is 0. The zero-order valence-electron chi connectivity index (χ0n) is 31.5. The van der Waals surface area contributed by atoms with Crippen LogP contribution in [0.2, 0.25) is 0 Å². The number of fused-ring (bicyclic) bond motifs is 4. The number of hydrogen-bond donors (Lipinski definition) is 0. The molecular weight excluding hydrogens is 697 g/mol. The molecule has 0 aliphatic heterocycles. The molecule has 0 nitrogen and oxygen atoms in total. The Bertz CT molecular complexity index is 3650. The van der Waals surface area contributed by atoms with E-state index in [0.717, 1.165) is 0 Å². The number of hydrogen-bond acceptors (Lipinski definition) is 0. The molecule has 0 radical (unpaired) electrons. The Kier molecular flexibility index (Phi) is 5.85. The first kappa shape index (κ1) is 30.7. The lowest BCUT2D eigenvalue weighted by atomic mass is 9.79. The normalized spacial score (nSPS) is 12.5. The first-order valence-corrected chi connectivity index (χ1v) is 20.3. The monoisotopic (exact) mass is 728 g/mol. The van der Waals surface area contributed by atoms with Crippen LogP contribution in [-0.4, -0.2) is 0 Å². The second-order valence-corrected chi connectivity index (χ2v) is 16.2. The quantitative estimate of drug-likeness (QED) is 0.159. The fourth-order valence-electron chi connectivity index (χ4n) is 11.1. The Hall–Kier alpha value is -7.54. The second kappa shape index (κ2) is 11.1. The van der Waals surface area contributed by atoms with Gasteiger partial charge in [0.2, 0.25) is 0 Å². The lowest BCUT2D eigenvalue weighted by molar-refractivity contribution is 1.65. The molecule has 0 heteroatoms. The van der Waals surface area contributed by atoms with E-state index in [9.17, 15) is 0 Å². The molecule has 0 saturated heterocycles. The average molecular weight is 729 g/mol. The summed E-state index contributed by atoms with van der Waals surface area (Å²) < 4.78 is 0. The van der Waals surface area contributed by atoms with E-state index in [0.29, 0.717) is 0 Å². The van der Waals surface area contributed by atoms with Crippen molar-refractivity contribution in [2.45, 2.75) is 0 Å². The second-order valence-electron chi connectivity index (χ2n) is 16.2. The molecule has 264 valence electrons. The van der Waals surface area contributed by atoms with Crippen molar-refractivity contribution >= 4 is 86.2 Å². The van der Waals surface area contributed by atoms with Crippen LogP contribution >= 0.6 is 0 Å². The molecule has 0 atom stereocenters. The van der Waals surface area contributed by atoms with Gasteiger partial charge in [0.1, 0.15) is 0 Å². The van der Waals surface area contributed by atoms with Gasteiger partial charge in [0, 0.05) is 0 Å². The van der Waals surface area contributed by atoms with Gasteiger partial charge in [0.05, 0.1) is 0 Å². The molecule has 14 rings (SSSR count). The summed E-state index contributed by atoms with van der Waals surface area (Å²) in [6, 6.07) is 73.4. The fraction of sp³-hybridized carbons (Fsp3) is 0. The van der Waals surface area contributed by atoms with E-state index in [4.69, 9.17) is 0 Å². The van der Waals surface area contributed by atoms with E-state index in [-0.39, 0.29) is 0 Å². The zero-order chi connectivity index (χ0) is 37.6. The van der Waals surface area contributed by atoms with Crippen molar-refractivity contribution in [1.82, 2.24) is 0 Å². The molecule has 0 unspecified atom stereocenters. The highest BCUT2D eigenvalue weighted by molar-refractivity contribution is 6.34. The summed E-state index contributed by atoms with van der Waals surface area (Å²) in [6.45, 7) is 0. The highest BCUT2D eigenvalue weighted by Gasteiger charge is 2.32. The molecular formula is C58H32. The first-order chi connectivity index (χ1) is 28.8. The molecule has 0 fully saturated rings. The third-order valence-corrected chi connectivity index (χ3v) is 13.5. The molecule has 0 spiro atoms. The highest BCUT2D eigenvalue weighted by atomic mass is 14.3. The van der Waals surface area contributed by atoms with E-state index in [1.54, 1.807) is 0 Å². The molecule has 0 saturated carbocycles. The summed E-state index contributed by atoms with van der Waals surface area (Å²) in [6.07, 6.45) is 0. The number of rotatable bonds is 3. The Morgan fingerprint density at radius 1 is 0.172 bits per heavy atom. The topological polar surface area (TPSA) is 0 Å². The van der Waals surface area contributed by atoms with Crippen molar-refractivity contribution in [3.8, 4) is 55.6 Å². The zero-order valence-corrected chi connectivity index (χ0v) is 31.5. The van der Waals surface area contributed by atoms with Gasteiger partial charge in [-0.2, -0.15) is 0 Å². The molecule has 0 N–H and O–H groups in total. The first-order valence-electron chi connectivity index (χ1n) is 20.3. The van der Waals surface area contributed by atoms with Crippen LogP contribution in [0.25, 0.3) is 142 Å². The molecule has 58 heavy (non-hydrogen) atoms. The molecule has 1 aliphatic carbocycles. The van der Waals surface area contributed by atoms with Crippen molar-refractivity contribution in [3.05, 3.63) is 194 Å². The van der Waals surface area contributed by atoms with Crippen molar-refractivity contribution in [3.63, 3.8) is 0 Å². The van der Waals surface area contributed by atoms with Gasteiger partial charge in [-0.25, -0.2) is 0 Å². The van der Waals surface area contributed by atoms with E-state index < -0.39 is 0 Å². The number of benzene rings is 13. The standard InChI is InChI=1S/C58H32/c1-2-9-33(10-3-1)40-31-32-49-54-41(40)17-8-18-48(54)57-55(46-29-25-38-21-19-34-11-6-13-36-23-27-44(46)52(38)50(34)36)42-15-4-5-16-43(42)56(58(49)57)47-30-26-39-22-20-35-12-7-14-37-24-28-45(47)53(39)51(35)37/h1-32H. The van der Waals surface area contributed by atoms with Crippen LogP contribution in [0.15, 0.2) is 194 Å². The lowest BCUT2D eigenvalue weighted by Crippen LogP contribution is -1.96. The van der Waals surface area contributed by atoms with Crippen LogP contribution in [0.1, 0.15) is 0 Å². The maximum absolute atomic E-state index is 2.42. The molecule has 13 aromatic carbocycles. The van der Waals surface area contributed by atoms with Gasteiger partial charge in [-0.05, 0) is 142 Å². The smallest absolute Gasteiger partial charge is 0.000718 e. The molecule has 1 aliphatic rings. The predicted octanol–water partition coefficient (Wildman–Crippen LogP) is 16.4. The minimum absolute atomic E-state index is 1.24. The molecule has 0 heterocycles. The van der Waals surface area contributed by atoms with Crippen molar-refractivity contribution in [1.29, 1.82) is 0 Å². The minimum Gasteiger partial charge on any atom is -0.0622 e. The van der Waals surface area contributed by atoms with Gasteiger partial charge >= 0.3 is 0 Å². The van der Waals surface area contributed by atoms with Crippen LogP contribution in [0.5, 0.6) is 0 Å². The third-order valence-electron chi connectivity index (χ3n) is 13.5.